The molecule has 0 spiro atoms. The van der Waals surface area contributed by atoms with E-state index >= 15 is 0 Å². The Morgan fingerprint density at radius 2 is 2.41 bits per heavy atom. The second-order valence-corrected chi connectivity index (χ2v) is 4.45. The van der Waals surface area contributed by atoms with Crippen LogP contribution in [0.3, 0.4) is 0 Å². The first kappa shape index (κ1) is 13.2. The molecule has 0 radical (unpaired) electrons. The molecule has 0 saturated carbocycles. The molecule has 86 valence electrons. The summed E-state index contributed by atoms with van der Waals surface area (Å²) < 4.78 is 8.45. The summed E-state index contributed by atoms with van der Waals surface area (Å²) in [5.74, 6) is 0. The first-order chi connectivity index (χ1) is 7.86. The van der Waals surface area contributed by atoms with Gasteiger partial charge in [-0.15, -0.1) is 0 Å². The molecule has 6 heteroatoms. The zero-order valence-electron chi connectivity index (χ0n) is 10.8. The number of nitrogens with one attached hydrogen (secondary N) is 1. The monoisotopic (exact) mass is 259 g/mol. The van der Waals surface area contributed by atoms with E-state index < -0.39 is 0 Å². The molecule has 1 N–H and O–H groups in total. The summed E-state index contributed by atoms with van der Waals surface area (Å²) >= 11 is 5.25. The van der Waals surface area contributed by atoms with E-state index in [2.05, 4.69) is 10.1 Å². The minimum Gasteiger partial charge on any atom is -1.00 e. The van der Waals surface area contributed by atoms with E-state index in [1.807, 2.05) is 23.1 Å². The second-order valence-electron chi connectivity index (χ2n) is 4.01. The largest absolute Gasteiger partial charge is 1.00 e. The predicted molar refractivity (Wildman–Crippen MR) is 64.9 cm³/mol. The maximum atomic E-state index is 5.72. The van der Waals surface area contributed by atoms with Crippen LogP contribution in [0.1, 0.15) is 26.9 Å². The van der Waals surface area contributed by atoms with Crippen LogP contribution in [0.2, 0.25) is 0 Å². The molecule has 0 aliphatic carbocycles. The molecule has 1 aliphatic rings. The molecule has 3 heterocycles. The molecule has 2 aromatic rings. The van der Waals surface area contributed by atoms with Crippen LogP contribution in [0.4, 0.5) is 0 Å². The van der Waals surface area contributed by atoms with Crippen molar-refractivity contribution < 1.29 is 35.7 Å². The molecule has 1 unspecified atom stereocenters. The van der Waals surface area contributed by atoms with Gasteiger partial charge in [0.15, 0.2) is 6.23 Å². The van der Waals surface area contributed by atoms with Gasteiger partial charge in [-0.3, -0.25) is 0 Å². The number of aromatic nitrogens is 3. The first-order valence-electron chi connectivity index (χ1n) is 5.53. The minimum atomic E-state index is 0. The van der Waals surface area contributed by atoms with E-state index in [1.165, 1.54) is 6.42 Å². The van der Waals surface area contributed by atoms with Crippen LogP contribution >= 0.6 is 12.2 Å². The Hall–Kier alpha value is -0.200. The van der Waals surface area contributed by atoms with E-state index in [0.29, 0.717) is 0 Å². The summed E-state index contributed by atoms with van der Waals surface area (Å²) in [5.41, 5.74) is 0.958. The molecule has 3 rings (SSSR count). The van der Waals surface area contributed by atoms with Crippen LogP contribution in [0.5, 0.6) is 0 Å². The Bertz CT molecular complexity index is 565. The maximum Gasteiger partial charge on any atom is 1.00 e. The van der Waals surface area contributed by atoms with Gasteiger partial charge in [0, 0.05) is 12.8 Å². The summed E-state index contributed by atoms with van der Waals surface area (Å²) in [6, 6.07) is 1.88. The first-order valence-corrected chi connectivity index (χ1v) is 5.93. The summed E-state index contributed by atoms with van der Waals surface area (Å²) in [5, 5.41) is 5.37. The molecule has 1 saturated heterocycles. The van der Waals surface area contributed by atoms with Gasteiger partial charge in [-0.25, -0.2) is 4.68 Å². The van der Waals surface area contributed by atoms with Crippen LogP contribution in [0, 0.1) is 4.51 Å². The number of hydrogen-bond donors (Lipinski definition) is 1. The fourth-order valence-electron chi connectivity index (χ4n) is 2.11. The van der Waals surface area contributed by atoms with Crippen molar-refractivity contribution >= 4 is 23.3 Å². The number of nitrogens with zero attached hydrogens (tertiary/aromatic N) is 2. The van der Waals surface area contributed by atoms with E-state index in [9.17, 15) is 0 Å². The van der Waals surface area contributed by atoms with Crippen molar-refractivity contribution in [3.05, 3.63) is 23.0 Å². The average Bonchev–Trinajstić information content (AvgIpc) is 2.75. The molecular weight excluding hydrogens is 245 g/mol. The molecule has 17 heavy (non-hydrogen) atoms. The third-order valence-corrected chi connectivity index (χ3v) is 3.30. The number of aromatic amines is 1. The maximum absolute atomic E-state index is 5.72. The number of H-pyrrole nitrogens is 1. The fourth-order valence-corrected chi connectivity index (χ4v) is 2.32. The number of ether oxygens (including phenoxy) is 1. The number of fused-ring (bicyclic) bond motifs is 1. The molecule has 1 fully saturated rings. The van der Waals surface area contributed by atoms with Crippen molar-refractivity contribution in [2.75, 3.05) is 6.61 Å². The van der Waals surface area contributed by atoms with Crippen molar-refractivity contribution in [3.8, 4) is 0 Å². The summed E-state index contributed by atoms with van der Waals surface area (Å²) in [6.07, 6.45) is 7.08. The Morgan fingerprint density at radius 1 is 1.53 bits per heavy atom. The van der Waals surface area contributed by atoms with Crippen molar-refractivity contribution in [2.45, 2.75) is 25.5 Å². The molecule has 4 nitrogen and oxygen atoms in total. The Labute approximate surface area is 128 Å². The van der Waals surface area contributed by atoms with Gasteiger partial charge in [-0.05, 0) is 25.3 Å². The van der Waals surface area contributed by atoms with Crippen LogP contribution in [0.25, 0.3) is 11.0 Å². The quantitative estimate of drug-likeness (QED) is 0.575. The summed E-state index contributed by atoms with van der Waals surface area (Å²) in [6.45, 7) is 0.819. The third kappa shape index (κ3) is 2.48. The van der Waals surface area contributed by atoms with Gasteiger partial charge in [0.25, 0.3) is 0 Å². The molecule has 2 aromatic heterocycles. The third-order valence-electron chi connectivity index (χ3n) is 2.94. The van der Waals surface area contributed by atoms with Crippen molar-refractivity contribution in [3.63, 3.8) is 0 Å². The van der Waals surface area contributed by atoms with E-state index in [-0.39, 0.29) is 37.2 Å². The molecule has 1 atom stereocenters. The number of rotatable bonds is 1. The average molecular weight is 259 g/mol. The van der Waals surface area contributed by atoms with Crippen molar-refractivity contribution in [1.82, 2.24) is 14.8 Å². The Balaban J connectivity index is 0.000000810. The zero-order valence-corrected chi connectivity index (χ0v) is 12.7. The van der Waals surface area contributed by atoms with Crippen LogP contribution in [0.15, 0.2) is 18.5 Å². The standard InChI is InChI=1S/C11H13N3OS.Na.H/c16-9-4-5-12-11-8(9)7-13-14(11)10-3-1-2-6-15-10;;/h4-5,7,10H,1-3,6H2,(H,12,16);;/q;+1;-1. The summed E-state index contributed by atoms with van der Waals surface area (Å²) in [7, 11) is 0. The second kappa shape index (κ2) is 5.63. The molecule has 1 aliphatic heterocycles. The van der Waals surface area contributed by atoms with Gasteiger partial charge in [-0.1, -0.05) is 12.2 Å². The van der Waals surface area contributed by atoms with Crippen LogP contribution in [-0.4, -0.2) is 21.4 Å². The van der Waals surface area contributed by atoms with Gasteiger partial charge in [0.2, 0.25) is 0 Å². The summed E-state index contributed by atoms with van der Waals surface area (Å²) in [4.78, 5) is 3.19. The molecule has 0 amide bonds. The van der Waals surface area contributed by atoms with Crippen LogP contribution < -0.4 is 29.6 Å². The smallest absolute Gasteiger partial charge is 1.00 e. The minimum absolute atomic E-state index is 0. The van der Waals surface area contributed by atoms with E-state index in [1.54, 1.807) is 0 Å². The van der Waals surface area contributed by atoms with E-state index in [4.69, 9.17) is 17.0 Å². The Morgan fingerprint density at radius 3 is 3.18 bits per heavy atom. The number of hydrogen-bond acceptors (Lipinski definition) is 3. The van der Waals surface area contributed by atoms with E-state index in [0.717, 1.165) is 35.0 Å². The molecule has 0 aromatic carbocycles. The van der Waals surface area contributed by atoms with Gasteiger partial charge >= 0.3 is 29.6 Å². The van der Waals surface area contributed by atoms with Gasteiger partial charge in [0.1, 0.15) is 5.65 Å². The normalized spacial score (nSPS) is 20.1. The van der Waals surface area contributed by atoms with Crippen molar-refractivity contribution in [1.29, 1.82) is 0 Å². The van der Waals surface area contributed by atoms with Crippen LogP contribution in [-0.2, 0) is 4.74 Å². The fraction of sp³-hybridized carbons (Fsp3) is 0.455. The van der Waals surface area contributed by atoms with Gasteiger partial charge in [-0.2, -0.15) is 5.10 Å². The van der Waals surface area contributed by atoms with Crippen molar-refractivity contribution in [2.24, 2.45) is 0 Å². The molecular formula is C11H14N3NaOS. The topological polar surface area (TPSA) is 42.8 Å². The SMILES string of the molecule is S=c1cc[nH]c2c1cnn2C1CCCCO1.[H-].[Na+]. The molecule has 0 bridgehead atoms. The van der Waals surface area contributed by atoms with Gasteiger partial charge in [0.05, 0.1) is 16.1 Å². The number of pyridine rings is 1. The van der Waals surface area contributed by atoms with Gasteiger partial charge < -0.3 is 11.1 Å². The Kier molecular flexibility index (Phi) is 4.38. The predicted octanol–water partition coefficient (Wildman–Crippen LogP) is -0.0905. The zero-order chi connectivity index (χ0) is 11.0.